The summed E-state index contributed by atoms with van der Waals surface area (Å²) in [6.45, 7) is 6.12. The number of amides is 2. The van der Waals surface area contributed by atoms with Crippen LogP contribution in [0.4, 0.5) is 4.79 Å². The predicted molar refractivity (Wildman–Crippen MR) is 75.7 cm³/mol. The smallest absolute Gasteiger partial charge is 0.323 e. The second kappa shape index (κ2) is 7.47. The van der Waals surface area contributed by atoms with E-state index in [-0.39, 0.29) is 18.0 Å². The molecule has 0 aliphatic carbocycles. The van der Waals surface area contributed by atoms with Crippen LogP contribution in [0.2, 0.25) is 0 Å². The van der Waals surface area contributed by atoms with Crippen LogP contribution in [0.3, 0.4) is 0 Å². The third kappa shape index (κ3) is 4.10. The van der Waals surface area contributed by atoms with Gasteiger partial charge >= 0.3 is 12.0 Å². The van der Waals surface area contributed by atoms with Crippen LogP contribution in [-0.4, -0.2) is 66.8 Å². The Morgan fingerprint density at radius 2 is 2.00 bits per heavy atom. The van der Waals surface area contributed by atoms with Gasteiger partial charge in [0.15, 0.2) is 0 Å². The lowest BCUT2D eigenvalue weighted by atomic mass is 9.82. The summed E-state index contributed by atoms with van der Waals surface area (Å²) in [5.41, 5.74) is 0.200. The minimum Gasteiger partial charge on any atom is -0.480 e. The van der Waals surface area contributed by atoms with Crippen LogP contribution in [0, 0.1) is 5.41 Å². The Labute approximate surface area is 120 Å². The van der Waals surface area contributed by atoms with Crippen molar-refractivity contribution in [1.29, 1.82) is 0 Å². The maximum atomic E-state index is 12.4. The first-order chi connectivity index (χ1) is 9.48. The number of aliphatic carboxylic acids is 1. The molecule has 0 atom stereocenters. The molecule has 0 aromatic heterocycles. The molecule has 20 heavy (non-hydrogen) atoms. The number of hydrogen-bond acceptors (Lipinski definition) is 3. The van der Waals surface area contributed by atoms with E-state index in [1.807, 2.05) is 0 Å². The lowest BCUT2D eigenvalue weighted by molar-refractivity contribution is -0.137. The van der Waals surface area contributed by atoms with Gasteiger partial charge in [-0.3, -0.25) is 4.79 Å². The Kier molecular flexibility index (Phi) is 6.26. The highest BCUT2D eigenvalue weighted by Gasteiger charge is 2.38. The van der Waals surface area contributed by atoms with Crippen molar-refractivity contribution < 1.29 is 19.4 Å². The lowest BCUT2D eigenvalue weighted by Gasteiger charge is -2.29. The lowest BCUT2D eigenvalue weighted by Crippen LogP contribution is -2.46. The number of hydrogen-bond donors (Lipinski definition) is 1. The summed E-state index contributed by atoms with van der Waals surface area (Å²) in [6.07, 6.45) is 3.09. The van der Waals surface area contributed by atoms with Gasteiger partial charge in [0.05, 0.1) is 6.61 Å². The first-order valence-electron chi connectivity index (χ1n) is 7.22. The average molecular weight is 286 g/mol. The van der Waals surface area contributed by atoms with Gasteiger partial charge in [-0.15, -0.1) is 0 Å². The maximum absolute atomic E-state index is 12.4. The molecule has 2 amide bonds. The van der Waals surface area contributed by atoms with Crippen LogP contribution in [0.5, 0.6) is 0 Å². The number of carboxylic acids is 1. The molecular formula is C14H26N2O4. The topological polar surface area (TPSA) is 70.1 Å². The van der Waals surface area contributed by atoms with Crippen molar-refractivity contribution in [2.45, 2.75) is 33.1 Å². The number of urea groups is 1. The Bertz CT molecular complexity index is 342. The Hall–Kier alpha value is -1.30. The zero-order chi connectivity index (χ0) is 15.2. The van der Waals surface area contributed by atoms with E-state index in [0.29, 0.717) is 19.7 Å². The summed E-state index contributed by atoms with van der Waals surface area (Å²) < 4.78 is 4.94. The minimum absolute atomic E-state index is 0.187. The van der Waals surface area contributed by atoms with Gasteiger partial charge in [-0.1, -0.05) is 13.8 Å². The van der Waals surface area contributed by atoms with E-state index in [1.54, 1.807) is 12.0 Å². The standard InChI is InChI=1S/C14H26N2O4/c1-4-14(5-2)6-7-16(11-14)13(19)15(8-9-20-3)10-12(17)18/h4-11H2,1-3H3,(H,17,18). The largest absolute Gasteiger partial charge is 0.480 e. The molecule has 1 heterocycles. The Balaban J connectivity index is 2.67. The minimum atomic E-state index is -0.995. The summed E-state index contributed by atoms with van der Waals surface area (Å²) in [6, 6.07) is -0.187. The van der Waals surface area contributed by atoms with Gasteiger partial charge in [0.1, 0.15) is 6.54 Å². The van der Waals surface area contributed by atoms with Crippen molar-refractivity contribution in [1.82, 2.24) is 9.80 Å². The number of likely N-dealkylation sites (tertiary alicyclic amines) is 1. The molecule has 1 aliphatic heterocycles. The molecule has 6 nitrogen and oxygen atoms in total. The quantitative estimate of drug-likeness (QED) is 0.772. The highest BCUT2D eigenvalue weighted by Crippen LogP contribution is 2.37. The van der Waals surface area contributed by atoms with E-state index in [4.69, 9.17) is 9.84 Å². The van der Waals surface area contributed by atoms with Crippen LogP contribution in [0.25, 0.3) is 0 Å². The van der Waals surface area contributed by atoms with Crippen molar-refractivity contribution in [2.24, 2.45) is 5.41 Å². The summed E-state index contributed by atoms with van der Waals surface area (Å²) >= 11 is 0. The second-order valence-corrected chi connectivity index (χ2v) is 5.47. The molecule has 0 spiro atoms. The van der Waals surface area contributed by atoms with Crippen LogP contribution in [0.1, 0.15) is 33.1 Å². The monoisotopic (exact) mass is 286 g/mol. The van der Waals surface area contributed by atoms with Gasteiger partial charge < -0.3 is 19.6 Å². The van der Waals surface area contributed by atoms with Gasteiger partial charge in [-0.25, -0.2) is 4.79 Å². The normalized spacial score (nSPS) is 17.2. The first kappa shape index (κ1) is 16.8. The molecule has 116 valence electrons. The number of nitrogens with zero attached hydrogens (tertiary/aromatic N) is 2. The molecule has 0 bridgehead atoms. The van der Waals surface area contributed by atoms with Gasteiger partial charge in [0.25, 0.3) is 0 Å². The molecule has 1 rings (SSSR count). The van der Waals surface area contributed by atoms with Gasteiger partial charge in [0, 0.05) is 26.7 Å². The van der Waals surface area contributed by atoms with E-state index in [1.165, 1.54) is 4.90 Å². The van der Waals surface area contributed by atoms with Crippen LogP contribution in [0.15, 0.2) is 0 Å². The number of ether oxygens (including phenoxy) is 1. The SMILES string of the molecule is CCC1(CC)CCN(C(=O)N(CCOC)CC(=O)O)C1. The van der Waals surface area contributed by atoms with Crippen molar-refractivity contribution in [3.63, 3.8) is 0 Å². The van der Waals surface area contributed by atoms with E-state index < -0.39 is 5.97 Å². The molecule has 1 aliphatic rings. The number of carbonyl (C=O) groups is 2. The third-order valence-electron chi connectivity index (χ3n) is 4.37. The van der Waals surface area contributed by atoms with Crippen molar-refractivity contribution in [3.05, 3.63) is 0 Å². The molecule has 0 unspecified atom stereocenters. The summed E-state index contributed by atoms with van der Waals surface area (Å²) in [5, 5.41) is 8.92. The fraction of sp³-hybridized carbons (Fsp3) is 0.857. The van der Waals surface area contributed by atoms with Crippen molar-refractivity contribution in [3.8, 4) is 0 Å². The first-order valence-corrected chi connectivity index (χ1v) is 7.22. The average Bonchev–Trinajstić information content (AvgIpc) is 2.87. The van der Waals surface area contributed by atoms with E-state index >= 15 is 0 Å². The Morgan fingerprint density at radius 3 is 2.45 bits per heavy atom. The molecule has 0 aromatic rings. The summed E-state index contributed by atoms with van der Waals surface area (Å²) in [5.74, 6) is -0.995. The van der Waals surface area contributed by atoms with Gasteiger partial charge in [0.2, 0.25) is 0 Å². The molecular weight excluding hydrogens is 260 g/mol. The fourth-order valence-corrected chi connectivity index (χ4v) is 2.73. The maximum Gasteiger partial charge on any atom is 0.323 e. The fourth-order valence-electron chi connectivity index (χ4n) is 2.73. The third-order valence-corrected chi connectivity index (χ3v) is 4.37. The van der Waals surface area contributed by atoms with E-state index in [0.717, 1.165) is 25.8 Å². The van der Waals surface area contributed by atoms with E-state index in [9.17, 15) is 9.59 Å². The molecule has 0 aromatic carbocycles. The number of carbonyl (C=O) groups excluding carboxylic acids is 1. The van der Waals surface area contributed by atoms with Crippen LogP contribution < -0.4 is 0 Å². The van der Waals surface area contributed by atoms with Crippen molar-refractivity contribution in [2.75, 3.05) is 39.9 Å². The Morgan fingerprint density at radius 1 is 1.35 bits per heavy atom. The van der Waals surface area contributed by atoms with Crippen molar-refractivity contribution >= 4 is 12.0 Å². The zero-order valence-corrected chi connectivity index (χ0v) is 12.7. The predicted octanol–water partition coefficient (Wildman–Crippen LogP) is 1.65. The van der Waals surface area contributed by atoms with Gasteiger partial charge in [-0.2, -0.15) is 0 Å². The van der Waals surface area contributed by atoms with Crippen LogP contribution in [-0.2, 0) is 9.53 Å². The zero-order valence-electron chi connectivity index (χ0n) is 12.7. The van der Waals surface area contributed by atoms with Gasteiger partial charge in [-0.05, 0) is 24.7 Å². The summed E-state index contributed by atoms with van der Waals surface area (Å²) in [7, 11) is 1.54. The number of carboxylic acid groups (broad SMARTS) is 1. The molecule has 1 fully saturated rings. The molecule has 1 saturated heterocycles. The highest BCUT2D eigenvalue weighted by atomic mass is 16.5. The molecule has 0 saturated carbocycles. The molecule has 6 heteroatoms. The second-order valence-electron chi connectivity index (χ2n) is 5.47. The molecule has 0 radical (unpaired) electrons. The summed E-state index contributed by atoms with van der Waals surface area (Å²) in [4.78, 5) is 26.5. The molecule has 1 N–H and O–H groups in total. The van der Waals surface area contributed by atoms with Crippen LogP contribution >= 0.6 is 0 Å². The number of methoxy groups -OCH3 is 1. The van der Waals surface area contributed by atoms with E-state index in [2.05, 4.69) is 13.8 Å². The highest BCUT2D eigenvalue weighted by molar-refractivity contribution is 5.80. The number of rotatable bonds is 7.